The van der Waals surface area contributed by atoms with Crippen LogP contribution in [0.5, 0.6) is 0 Å². The van der Waals surface area contributed by atoms with Gasteiger partial charge in [-0.15, -0.1) is 0 Å². The number of anilines is 1. The molecule has 1 aromatic carbocycles. The number of halogens is 1. The first-order valence-electron chi connectivity index (χ1n) is 5.57. The van der Waals surface area contributed by atoms with E-state index in [0.29, 0.717) is 12.2 Å². The second-order valence-electron chi connectivity index (χ2n) is 3.97. The zero-order valence-corrected chi connectivity index (χ0v) is 8.90. The number of para-hydroxylation sites is 1. The molecule has 0 amide bonds. The van der Waals surface area contributed by atoms with Crippen molar-refractivity contribution in [3.05, 3.63) is 30.3 Å². The average Bonchev–Trinajstić information content (AvgIpc) is 2.80. The highest BCUT2D eigenvalue weighted by atomic mass is 19.2. The third-order valence-electron chi connectivity index (χ3n) is 2.85. The largest absolute Gasteiger partial charge is 0.301 e. The minimum absolute atomic E-state index is 0.462. The summed E-state index contributed by atoms with van der Waals surface area (Å²) in [6.45, 7) is 3.54. The molecule has 1 aliphatic rings. The zero-order valence-electron chi connectivity index (χ0n) is 8.90. The van der Waals surface area contributed by atoms with Gasteiger partial charge in [0.05, 0.1) is 12.2 Å². The first-order chi connectivity index (χ1) is 7.36. The lowest BCUT2D eigenvalue weighted by molar-refractivity contribution is 0.315. The van der Waals surface area contributed by atoms with Crippen LogP contribution in [0.3, 0.4) is 0 Å². The second-order valence-corrected chi connectivity index (χ2v) is 3.97. The van der Waals surface area contributed by atoms with Crippen molar-refractivity contribution < 1.29 is 4.48 Å². The van der Waals surface area contributed by atoms with Crippen molar-refractivity contribution in [2.24, 2.45) is 0 Å². The smallest absolute Gasteiger partial charge is 0.0688 e. The summed E-state index contributed by atoms with van der Waals surface area (Å²) >= 11 is 0. The second kappa shape index (κ2) is 5.12. The van der Waals surface area contributed by atoms with E-state index in [0.717, 1.165) is 24.8 Å². The molecule has 0 aliphatic carbocycles. The number of benzene rings is 1. The van der Waals surface area contributed by atoms with Crippen molar-refractivity contribution in [1.29, 1.82) is 0 Å². The Hall–Kier alpha value is -1.09. The van der Waals surface area contributed by atoms with Crippen LogP contribution in [0.15, 0.2) is 30.3 Å². The van der Waals surface area contributed by atoms with Gasteiger partial charge in [0.2, 0.25) is 0 Å². The predicted molar refractivity (Wildman–Crippen MR) is 60.6 cm³/mol. The van der Waals surface area contributed by atoms with Crippen LogP contribution in [-0.2, 0) is 0 Å². The fourth-order valence-electron chi connectivity index (χ4n) is 1.95. The summed E-state index contributed by atoms with van der Waals surface area (Å²) < 4.78 is 13.6. The van der Waals surface area contributed by atoms with Crippen LogP contribution in [0.2, 0.25) is 0 Å². The Balaban J connectivity index is 1.79. The first kappa shape index (κ1) is 10.4. The van der Waals surface area contributed by atoms with Crippen molar-refractivity contribution in [2.45, 2.75) is 12.8 Å². The van der Waals surface area contributed by atoms with Crippen LogP contribution in [-0.4, -0.2) is 31.1 Å². The summed E-state index contributed by atoms with van der Waals surface area (Å²) in [6, 6.07) is 9.21. The lowest BCUT2D eigenvalue weighted by Gasteiger charge is -2.18. The molecular formula is C12H17FN2. The summed E-state index contributed by atoms with van der Waals surface area (Å²) in [5.74, 6) is 0. The Morgan fingerprint density at radius 1 is 1.13 bits per heavy atom. The normalized spacial score (nSPS) is 16.9. The van der Waals surface area contributed by atoms with E-state index in [1.165, 1.54) is 12.8 Å². The number of hydrogen-bond acceptors (Lipinski definition) is 2. The van der Waals surface area contributed by atoms with Crippen LogP contribution in [0.1, 0.15) is 12.8 Å². The van der Waals surface area contributed by atoms with Gasteiger partial charge >= 0.3 is 0 Å². The van der Waals surface area contributed by atoms with E-state index < -0.39 is 0 Å². The third-order valence-corrected chi connectivity index (χ3v) is 2.85. The summed E-state index contributed by atoms with van der Waals surface area (Å²) in [6.07, 6.45) is 2.52. The van der Waals surface area contributed by atoms with Crippen LogP contribution in [0.25, 0.3) is 0 Å². The summed E-state index contributed by atoms with van der Waals surface area (Å²) in [7, 11) is 0. The molecule has 0 radical (unpaired) electrons. The van der Waals surface area contributed by atoms with E-state index in [9.17, 15) is 4.48 Å². The molecule has 3 heteroatoms. The average molecular weight is 208 g/mol. The highest BCUT2D eigenvalue weighted by molar-refractivity contribution is 5.42. The molecule has 1 heterocycles. The number of rotatable bonds is 4. The molecule has 82 valence electrons. The van der Waals surface area contributed by atoms with Crippen molar-refractivity contribution in [2.75, 3.05) is 31.3 Å². The van der Waals surface area contributed by atoms with Crippen molar-refractivity contribution in [3.8, 4) is 0 Å². The van der Waals surface area contributed by atoms with E-state index in [2.05, 4.69) is 4.90 Å². The zero-order chi connectivity index (χ0) is 10.5. The molecule has 2 nitrogen and oxygen atoms in total. The Morgan fingerprint density at radius 2 is 1.80 bits per heavy atom. The van der Waals surface area contributed by atoms with Gasteiger partial charge in [0.25, 0.3) is 0 Å². The Kier molecular flexibility index (Phi) is 3.56. The van der Waals surface area contributed by atoms with Gasteiger partial charge in [-0.05, 0) is 38.1 Å². The predicted octanol–water partition coefficient (Wildman–Crippen LogP) is 2.47. The topological polar surface area (TPSA) is 6.48 Å². The third kappa shape index (κ3) is 2.93. The van der Waals surface area contributed by atoms with Crippen LogP contribution in [0, 0.1) is 0 Å². The molecule has 0 saturated carbocycles. The highest BCUT2D eigenvalue weighted by Crippen LogP contribution is 2.14. The molecule has 1 fully saturated rings. The quantitative estimate of drug-likeness (QED) is 0.701. The summed E-state index contributed by atoms with van der Waals surface area (Å²) in [5.41, 5.74) is 0.650. The summed E-state index contributed by atoms with van der Waals surface area (Å²) in [5, 5.41) is 0.832. The lowest BCUT2D eigenvalue weighted by atomic mass is 10.3. The van der Waals surface area contributed by atoms with Crippen LogP contribution in [0.4, 0.5) is 10.2 Å². The highest BCUT2D eigenvalue weighted by Gasteiger charge is 2.12. The van der Waals surface area contributed by atoms with E-state index in [1.807, 2.05) is 18.2 Å². The molecular weight excluding hydrogens is 191 g/mol. The van der Waals surface area contributed by atoms with Crippen LogP contribution < -0.4 is 5.12 Å². The van der Waals surface area contributed by atoms with Crippen LogP contribution >= 0.6 is 0 Å². The number of nitrogens with zero attached hydrogens (tertiary/aromatic N) is 2. The van der Waals surface area contributed by atoms with E-state index in [4.69, 9.17) is 0 Å². The molecule has 0 N–H and O–H groups in total. The fourth-order valence-corrected chi connectivity index (χ4v) is 1.95. The minimum atomic E-state index is 0.462. The van der Waals surface area contributed by atoms with Crippen molar-refractivity contribution in [1.82, 2.24) is 4.90 Å². The molecule has 0 atom stereocenters. The van der Waals surface area contributed by atoms with Gasteiger partial charge in [-0.1, -0.05) is 22.7 Å². The van der Waals surface area contributed by atoms with Gasteiger partial charge in [-0.2, -0.15) is 0 Å². The van der Waals surface area contributed by atoms with Gasteiger partial charge in [-0.25, -0.2) is 5.12 Å². The van der Waals surface area contributed by atoms with Crippen molar-refractivity contribution >= 4 is 5.69 Å². The van der Waals surface area contributed by atoms with E-state index in [-0.39, 0.29) is 0 Å². The van der Waals surface area contributed by atoms with Gasteiger partial charge in [0.15, 0.2) is 0 Å². The SMILES string of the molecule is FN(CCN1CCCC1)c1ccccc1. The maximum Gasteiger partial charge on any atom is 0.0688 e. The Morgan fingerprint density at radius 3 is 2.47 bits per heavy atom. The van der Waals surface area contributed by atoms with E-state index >= 15 is 0 Å². The minimum Gasteiger partial charge on any atom is -0.301 e. The monoisotopic (exact) mass is 208 g/mol. The number of likely N-dealkylation sites (tertiary alicyclic amines) is 1. The Labute approximate surface area is 90.2 Å². The molecule has 1 aromatic rings. The first-order valence-corrected chi connectivity index (χ1v) is 5.57. The van der Waals surface area contributed by atoms with Gasteiger partial charge in [0.1, 0.15) is 0 Å². The van der Waals surface area contributed by atoms with E-state index in [1.54, 1.807) is 12.1 Å². The lowest BCUT2D eigenvalue weighted by Crippen LogP contribution is -2.29. The molecule has 0 spiro atoms. The van der Waals surface area contributed by atoms with Gasteiger partial charge in [-0.3, -0.25) is 0 Å². The van der Waals surface area contributed by atoms with Gasteiger partial charge < -0.3 is 4.90 Å². The number of hydrogen-bond donors (Lipinski definition) is 0. The standard InChI is InChI=1S/C12H17FN2/c13-15(12-6-2-1-3-7-12)11-10-14-8-4-5-9-14/h1-3,6-7H,4-5,8-11H2. The van der Waals surface area contributed by atoms with Crippen molar-refractivity contribution in [3.63, 3.8) is 0 Å². The maximum atomic E-state index is 13.6. The molecule has 1 saturated heterocycles. The fraction of sp³-hybridized carbons (Fsp3) is 0.500. The molecule has 0 bridgehead atoms. The molecule has 0 unspecified atom stereocenters. The molecule has 0 aromatic heterocycles. The van der Waals surface area contributed by atoms with Gasteiger partial charge in [0, 0.05) is 6.54 Å². The maximum absolute atomic E-state index is 13.6. The Bertz CT molecular complexity index is 283. The molecule has 1 aliphatic heterocycles. The molecule has 15 heavy (non-hydrogen) atoms. The summed E-state index contributed by atoms with van der Waals surface area (Å²) in [4.78, 5) is 2.32. The molecule has 2 rings (SSSR count).